The second-order valence-electron chi connectivity index (χ2n) is 5.61. The van der Waals surface area contributed by atoms with Gasteiger partial charge in [-0.1, -0.05) is 22.8 Å². The standard InChI is InChI=1S/C16H17ClFN3O3/c1-9-4-5-10(18)13(14(9)17)15(22)19-7-6-12-20-16(24-21-12)11-3-2-8-23-11/h4-5,11H,2-3,6-8H2,1H3,(H,19,22)/t11-/m0/s1. The summed E-state index contributed by atoms with van der Waals surface area (Å²) in [6.45, 7) is 2.65. The molecule has 0 radical (unpaired) electrons. The van der Waals surface area contributed by atoms with Crippen molar-refractivity contribution < 1.29 is 18.4 Å². The Morgan fingerprint density at radius 1 is 1.50 bits per heavy atom. The monoisotopic (exact) mass is 353 g/mol. The molecule has 2 aromatic rings. The van der Waals surface area contributed by atoms with E-state index >= 15 is 0 Å². The highest BCUT2D eigenvalue weighted by atomic mass is 35.5. The summed E-state index contributed by atoms with van der Waals surface area (Å²) in [5, 5.41) is 6.60. The average Bonchev–Trinajstić information content (AvgIpc) is 3.22. The van der Waals surface area contributed by atoms with E-state index in [1.54, 1.807) is 6.92 Å². The number of aryl methyl sites for hydroxylation is 1. The van der Waals surface area contributed by atoms with Crippen molar-refractivity contribution in [1.29, 1.82) is 0 Å². The summed E-state index contributed by atoms with van der Waals surface area (Å²) in [7, 11) is 0. The zero-order valence-corrected chi connectivity index (χ0v) is 13.9. The Hall–Kier alpha value is -1.99. The summed E-state index contributed by atoms with van der Waals surface area (Å²) in [6.07, 6.45) is 2.07. The van der Waals surface area contributed by atoms with Crippen LogP contribution in [-0.2, 0) is 11.2 Å². The van der Waals surface area contributed by atoms with Crippen LogP contribution in [0.3, 0.4) is 0 Å². The van der Waals surface area contributed by atoms with Crippen molar-refractivity contribution in [2.75, 3.05) is 13.2 Å². The van der Waals surface area contributed by atoms with E-state index in [9.17, 15) is 9.18 Å². The average molecular weight is 354 g/mol. The fraction of sp³-hybridized carbons (Fsp3) is 0.438. The first-order chi connectivity index (χ1) is 11.6. The third-order valence-corrected chi connectivity index (χ3v) is 4.32. The molecule has 1 N–H and O–H groups in total. The molecule has 0 bridgehead atoms. The minimum Gasteiger partial charge on any atom is -0.368 e. The van der Waals surface area contributed by atoms with Crippen molar-refractivity contribution in [3.63, 3.8) is 0 Å². The molecule has 0 saturated carbocycles. The van der Waals surface area contributed by atoms with Gasteiger partial charge in [0.15, 0.2) is 5.82 Å². The van der Waals surface area contributed by atoms with Crippen LogP contribution < -0.4 is 5.32 Å². The molecular formula is C16H17ClFN3O3. The Labute approximate surface area is 143 Å². The van der Waals surface area contributed by atoms with E-state index in [0.717, 1.165) is 12.8 Å². The molecule has 8 heteroatoms. The van der Waals surface area contributed by atoms with Gasteiger partial charge in [0.2, 0.25) is 0 Å². The topological polar surface area (TPSA) is 77.2 Å². The van der Waals surface area contributed by atoms with E-state index in [2.05, 4.69) is 15.5 Å². The number of carbonyl (C=O) groups is 1. The first kappa shape index (κ1) is 16.9. The number of rotatable bonds is 5. The summed E-state index contributed by atoms with van der Waals surface area (Å²) >= 11 is 6.01. The largest absolute Gasteiger partial charge is 0.368 e. The molecular weight excluding hydrogens is 337 g/mol. The Morgan fingerprint density at radius 3 is 3.08 bits per heavy atom. The molecule has 2 heterocycles. The van der Waals surface area contributed by atoms with E-state index in [1.807, 2.05) is 0 Å². The molecule has 0 aliphatic carbocycles. The third-order valence-electron chi connectivity index (χ3n) is 3.83. The third kappa shape index (κ3) is 3.57. The van der Waals surface area contributed by atoms with Crippen LogP contribution in [0.15, 0.2) is 16.7 Å². The zero-order valence-electron chi connectivity index (χ0n) is 13.1. The molecule has 1 aromatic heterocycles. The molecule has 1 aliphatic rings. The van der Waals surface area contributed by atoms with E-state index in [-0.39, 0.29) is 23.2 Å². The lowest BCUT2D eigenvalue weighted by molar-refractivity contribution is 0.0835. The lowest BCUT2D eigenvalue weighted by atomic mass is 10.1. The van der Waals surface area contributed by atoms with Gasteiger partial charge in [-0.2, -0.15) is 4.98 Å². The molecule has 24 heavy (non-hydrogen) atoms. The maximum Gasteiger partial charge on any atom is 0.255 e. The fourth-order valence-corrected chi connectivity index (χ4v) is 2.75. The highest BCUT2D eigenvalue weighted by molar-refractivity contribution is 6.34. The van der Waals surface area contributed by atoms with Gasteiger partial charge >= 0.3 is 0 Å². The van der Waals surface area contributed by atoms with Crippen molar-refractivity contribution >= 4 is 17.5 Å². The molecule has 1 atom stereocenters. The molecule has 1 aliphatic heterocycles. The van der Waals surface area contributed by atoms with Crippen LogP contribution in [-0.4, -0.2) is 29.2 Å². The normalized spacial score (nSPS) is 17.2. The smallest absolute Gasteiger partial charge is 0.255 e. The van der Waals surface area contributed by atoms with Crippen molar-refractivity contribution in [2.45, 2.75) is 32.3 Å². The molecule has 0 unspecified atom stereocenters. The number of amides is 1. The fourth-order valence-electron chi connectivity index (χ4n) is 2.51. The van der Waals surface area contributed by atoms with E-state index in [4.69, 9.17) is 20.9 Å². The van der Waals surface area contributed by atoms with E-state index in [0.29, 0.717) is 30.3 Å². The molecule has 0 spiro atoms. The molecule has 128 valence electrons. The SMILES string of the molecule is Cc1ccc(F)c(C(=O)NCCc2noc([C@@H]3CCCO3)n2)c1Cl. The van der Waals surface area contributed by atoms with Gasteiger partial charge in [0.25, 0.3) is 11.8 Å². The number of carbonyl (C=O) groups excluding carboxylic acids is 1. The first-order valence-corrected chi connectivity index (χ1v) is 8.11. The number of aromatic nitrogens is 2. The van der Waals surface area contributed by atoms with Crippen LogP contribution >= 0.6 is 11.6 Å². The second-order valence-corrected chi connectivity index (χ2v) is 5.99. The van der Waals surface area contributed by atoms with Crippen molar-refractivity contribution in [1.82, 2.24) is 15.5 Å². The van der Waals surface area contributed by atoms with E-state index < -0.39 is 11.7 Å². The predicted molar refractivity (Wildman–Crippen MR) is 84.4 cm³/mol. The highest BCUT2D eigenvalue weighted by Gasteiger charge is 2.24. The van der Waals surface area contributed by atoms with Crippen molar-refractivity contribution in [2.24, 2.45) is 0 Å². The zero-order chi connectivity index (χ0) is 17.1. The maximum absolute atomic E-state index is 13.8. The summed E-state index contributed by atoms with van der Waals surface area (Å²) in [4.78, 5) is 16.4. The van der Waals surface area contributed by atoms with Gasteiger partial charge in [-0.3, -0.25) is 4.79 Å². The van der Waals surface area contributed by atoms with Crippen LogP contribution in [0.1, 0.15) is 46.6 Å². The Kier molecular flexibility index (Phi) is 5.11. The van der Waals surface area contributed by atoms with Gasteiger partial charge in [-0.05, 0) is 31.4 Å². The number of halogens is 2. The van der Waals surface area contributed by atoms with Crippen LogP contribution in [0.5, 0.6) is 0 Å². The molecule has 1 aromatic carbocycles. The molecule has 6 nitrogen and oxygen atoms in total. The van der Waals surface area contributed by atoms with Crippen molar-refractivity contribution in [3.8, 4) is 0 Å². The summed E-state index contributed by atoms with van der Waals surface area (Å²) in [5.74, 6) is -0.286. The van der Waals surface area contributed by atoms with Gasteiger partial charge < -0.3 is 14.6 Å². The van der Waals surface area contributed by atoms with Gasteiger partial charge in [-0.15, -0.1) is 0 Å². The minimum atomic E-state index is -0.650. The quantitative estimate of drug-likeness (QED) is 0.894. The van der Waals surface area contributed by atoms with Crippen LogP contribution in [0, 0.1) is 12.7 Å². The Bertz CT molecular complexity index is 744. The predicted octanol–water partition coefficient (Wildman–Crippen LogP) is 2.99. The minimum absolute atomic E-state index is 0.118. The summed E-state index contributed by atoms with van der Waals surface area (Å²) in [6, 6.07) is 2.75. The van der Waals surface area contributed by atoms with Crippen LogP contribution in [0.4, 0.5) is 4.39 Å². The lowest BCUT2D eigenvalue weighted by Crippen LogP contribution is -2.27. The lowest BCUT2D eigenvalue weighted by Gasteiger charge is -2.08. The summed E-state index contributed by atoms with van der Waals surface area (Å²) < 4.78 is 24.4. The first-order valence-electron chi connectivity index (χ1n) is 7.73. The molecule has 1 saturated heterocycles. The number of nitrogens with one attached hydrogen (secondary N) is 1. The number of hydrogen-bond acceptors (Lipinski definition) is 5. The number of benzene rings is 1. The number of nitrogens with zero attached hydrogens (tertiary/aromatic N) is 2. The van der Waals surface area contributed by atoms with Gasteiger partial charge in [0.05, 0.1) is 10.6 Å². The summed E-state index contributed by atoms with van der Waals surface area (Å²) in [5.41, 5.74) is 0.493. The Morgan fingerprint density at radius 2 is 2.33 bits per heavy atom. The molecule has 1 fully saturated rings. The van der Waals surface area contributed by atoms with Gasteiger partial charge in [0, 0.05) is 19.6 Å². The highest BCUT2D eigenvalue weighted by Crippen LogP contribution is 2.27. The number of hydrogen-bond donors (Lipinski definition) is 1. The van der Waals surface area contributed by atoms with Crippen LogP contribution in [0.2, 0.25) is 5.02 Å². The van der Waals surface area contributed by atoms with Gasteiger partial charge in [-0.25, -0.2) is 4.39 Å². The van der Waals surface area contributed by atoms with Crippen molar-refractivity contribution in [3.05, 3.63) is 45.8 Å². The maximum atomic E-state index is 13.8. The molecule has 3 rings (SSSR count). The second kappa shape index (κ2) is 7.27. The number of ether oxygens (including phenoxy) is 1. The van der Waals surface area contributed by atoms with Crippen LogP contribution in [0.25, 0.3) is 0 Å². The van der Waals surface area contributed by atoms with E-state index in [1.165, 1.54) is 12.1 Å². The Balaban J connectivity index is 1.57. The van der Waals surface area contributed by atoms with Gasteiger partial charge in [0.1, 0.15) is 11.9 Å². The molecule has 1 amide bonds.